The molecule has 2 aromatic rings. The predicted molar refractivity (Wildman–Crippen MR) is 55.2 cm³/mol. The lowest BCUT2D eigenvalue weighted by atomic mass is 10.4. The molecule has 0 atom stereocenters. The maximum absolute atomic E-state index is 11.5. The zero-order valence-corrected chi connectivity index (χ0v) is 8.64. The Balaban J connectivity index is 1.93. The number of hydrogen-bond donors (Lipinski definition) is 3. The highest BCUT2D eigenvalue weighted by Gasteiger charge is 2.09. The minimum atomic E-state index is -0.295. The molecule has 0 saturated carbocycles. The third-order valence-corrected chi connectivity index (χ3v) is 1.90. The average Bonchev–Trinajstić information content (AvgIpc) is 2.84. The van der Waals surface area contributed by atoms with Crippen molar-refractivity contribution in [3.8, 4) is 0 Å². The van der Waals surface area contributed by atoms with E-state index in [1.54, 1.807) is 18.1 Å². The molecule has 8 heteroatoms. The molecule has 0 saturated heterocycles. The van der Waals surface area contributed by atoms with E-state index in [-0.39, 0.29) is 18.3 Å². The number of nitrogens with zero attached hydrogens (tertiary/aromatic N) is 4. The van der Waals surface area contributed by atoms with Crippen LogP contribution in [0.5, 0.6) is 0 Å². The summed E-state index contributed by atoms with van der Waals surface area (Å²) in [7, 11) is 1.76. The Kier molecular flexibility index (Phi) is 2.54. The van der Waals surface area contributed by atoms with Gasteiger partial charge in [-0.3, -0.25) is 14.6 Å². The van der Waals surface area contributed by atoms with Gasteiger partial charge in [0.05, 0.1) is 6.54 Å². The molecule has 0 bridgehead atoms. The van der Waals surface area contributed by atoms with Crippen molar-refractivity contribution < 1.29 is 4.79 Å². The number of nitrogen functional groups attached to an aromatic ring is 1. The van der Waals surface area contributed by atoms with Gasteiger partial charge in [-0.25, -0.2) is 4.98 Å². The minimum absolute atomic E-state index is 0.262. The zero-order valence-electron chi connectivity index (χ0n) is 8.64. The number of hydrogen-bond acceptors (Lipinski definition) is 5. The van der Waals surface area contributed by atoms with E-state index in [1.165, 1.54) is 6.07 Å². The Morgan fingerprint density at radius 1 is 1.69 bits per heavy atom. The smallest absolute Gasteiger partial charge is 0.269 e. The molecule has 0 aromatic carbocycles. The quantitative estimate of drug-likeness (QED) is 0.618. The normalized spacial score (nSPS) is 10.3. The maximum atomic E-state index is 11.5. The lowest BCUT2D eigenvalue weighted by Crippen LogP contribution is -2.23. The van der Waals surface area contributed by atoms with Gasteiger partial charge in [0, 0.05) is 13.1 Å². The van der Waals surface area contributed by atoms with Gasteiger partial charge in [0.25, 0.3) is 5.91 Å². The van der Waals surface area contributed by atoms with Gasteiger partial charge in [0.1, 0.15) is 17.8 Å². The van der Waals surface area contributed by atoms with Crippen LogP contribution in [0.25, 0.3) is 0 Å². The van der Waals surface area contributed by atoms with Crippen LogP contribution in [-0.4, -0.2) is 30.9 Å². The van der Waals surface area contributed by atoms with Gasteiger partial charge in [-0.05, 0) is 0 Å². The first-order valence-corrected chi connectivity index (χ1v) is 4.59. The van der Waals surface area contributed by atoms with Crippen LogP contribution in [0.1, 0.15) is 16.3 Å². The number of anilines is 1. The fourth-order valence-corrected chi connectivity index (χ4v) is 1.17. The Hall–Kier alpha value is -2.38. The zero-order chi connectivity index (χ0) is 11.5. The fourth-order valence-electron chi connectivity index (χ4n) is 1.17. The van der Waals surface area contributed by atoms with Gasteiger partial charge >= 0.3 is 0 Å². The molecule has 2 heterocycles. The second-order valence-corrected chi connectivity index (χ2v) is 3.22. The summed E-state index contributed by atoms with van der Waals surface area (Å²) in [6.45, 7) is 0.262. The largest absolute Gasteiger partial charge is 0.382 e. The van der Waals surface area contributed by atoms with Crippen LogP contribution in [0.2, 0.25) is 0 Å². The molecule has 4 N–H and O–H groups in total. The number of aromatic nitrogens is 5. The first-order valence-electron chi connectivity index (χ1n) is 4.59. The summed E-state index contributed by atoms with van der Waals surface area (Å²) in [5.41, 5.74) is 5.69. The first-order chi connectivity index (χ1) is 7.65. The topological polar surface area (TPSA) is 115 Å². The van der Waals surface area contributed by atoms with E-state index in [9.17, 15) is 4.79 Å². The number of nitrogens with two attached hydrogens (primary N) is 1. The van der Waals surface area contributed by atoms with Crippen LogP contribution < -0.4 is 11.1 Å². The highest BCUT2D eigenvalue weighted by atomic mass is 16.1. The number of nitrogens with one attached hydrogen (secondary N) is 2. The van der Waals surface area contributed by atoms with Gasteiger partial charge in [-0.2, -0.15) is 10.2 Å². The van der Waals surface area contributed by atoms with Crippen LogP contribution in [0.4, 0.5) is 5.82 Å². The summed E-state index contributed by atoms with van der Waals surface area (Å²) in [6, 6.07) is 1.46. The molecule has 0 aliphatic rings. The van der Waals surface area contributed by atoms with Crippen molar-refractivity contribution in [2.75, 3.05) is 5.73 Å². The molecule has 0 radical (unpaired) electrons. The number of carbonyl (C=O) groups is 1. The highest BCUT2D eigenvalue weighted by Crippen LogP contribution is 2.00. The van der Waals surface area contributed by atoms with E-state index in [0.29, 0.717) is 11.5 Å². The number of rotatable bonds is 3. The Labute approximate surface area is 90.9 Å². The van der Waals surface area contributed by atoms with Gasteiger partial charge in [0.15, 0.2) is 5.82 Å². The average molecular weight is 221 g/mol. The predicted octanol–water partition coefficient (Wildman–Crippen LogP) is -0.950. The molecule has 0 aliphatic carbocycles. The third-order valence-electron chi connectivity index (χ3n) is 1.90. The summed E-state index contributed by atoms with van der Waals surface area (Å²) in [5, 5.41) is 12.8. The van der Waals surface area contributed by atoms with E-state index in [0.717, 1.165) is 0 Å². The Bertz CT molecular complexity index is 500. The highest BCUT2D eigenvalue weighted by molar-refractivity contribution is 5.92. The second-order valence-electron chi connectivity index (χ2n) is 3.22. The Morgan fingerprint density at radius 3 is 3.06 bits per heavy atom. The van der Waals surface area contributed by atoms with E-state index < -0.39 is 0 Å². The summed E-state index contributed by atoms with van der Waals surface area (Å²) in [4.78, 5) is 15.5. The maximum Gasteiger partial charge on any atom is 0.269 e. The van der Waals surface area contributed by atoms with Gasteiger partial charge in [-0.15, -0.1) is 0 Å². The molecular formula is C8H11N7O. The van der Waals surface area contributed by atoms with Gasteiger partial charge < -0.3 is 11.1 Å². The number of amides is 1. The summed E-state index contributed by atoms with van der Waals surface area (Å²) >= 11 is 0. The fraction of sp³-hybridized carbons (Fsp3) is 0.250. The van der Waals surface area contributed by atoms with Crippen LogP contribution in [0, 0.1) is 0 Å². The summed E-state index contributed by atoms with van der Waals surface area (Å²) < 4.78 is 1.57. The number of aryl methyl sites for hydroxylation is 1. The Morgan fingerprint density at radius 2 is 2.50 bits per heavy atom. The molecule has 1 amide bonds. The lowest BCUT2D eigenvalue weighted by Gasteiger charge is -1.98. The molecule has 0 fully saturated rings. The van der Waals surface area contributed by atoms with Crippen LogP contribution in [0.3, 0.4) is 0 Å². The number of aromatic amines is 1. The molecule has 16 heavy (non-hydrogen) atoms. The SMILES string of the molecule is Cn1cnc(CNC(=O)c2cc(N)n[nH]2)n1. The minimum Gasteiger partial charge on any atom is -0.382 e. The number of H-pyrrole nitrogens is 1. The van der Waals surface area contributed by atoms with Crippen LogP contribution in [-0.2, 0) is 13.6 Å². The summed E-state index contributed by atoms with van der Waals surface area (Å²) in [6.07, 6.45) is 1.57. The van der Waals surface area contributed by atoms with Gasteiger partial charge in [-0.1, -0.05) is 0 Å². The van der Waals surface area contributed by atoms with Crippen molar-refractivity contribution in [1.29, 1.82) is 0 Å². The molecule has 0 unspecified atom stereocenters. The van der Waals surface area contributed by atoms with Crippen molar-refractivity contribution >= 4 is 11.7 Å². The van der Waals surface area contributed by atoms with E-state index >= 15 is 0 Å². The molecule has 0 spiro atoms. The first kappa shape index (κ1) is 10.1. The second kappa shape index (κ2) is 4.01. The van der Waals surface area contributed by atoms with Crippen molar-refractivity contribution in [2.24, 2.45) is 7.05 Å². The van der Waals surface area contributed by atoms with Crippen LogP contribution >= 0.6 is 0 Å². The van der Waals surface area contributed by atoms with E-state index in [2.05, 4.69) is 25.6 Å². The summed E-state index contributed by atoms with van der Waals surface area (Å²) in [5.74, 6) is 0.529. The monoisotopic (exact) mass is 221 g/mol. The lowest BCUT2D eigenvalue weighted by molar-refractivity contribution is 0.0945. The van der Waals surface area contributed by atoms with Crippen molar-refractivity contribution in [3.63, 3.8) is 0 Å². The number of carbonyl (C=O) groups excluding carboxylic acids is 1. The molecule has 2 rings (SSSR count). The molecule has 2 aromatic heterocycles. The van der Waals surface area contributed by atoms with Gasteiger partial charge in [0.2, 0.25) is 0 Å². The van der Waals surface area contributed by atoms with Crippen molar-refractivity contribution in [3.05, 3.63) is 23.9 Å². The molecule has 84 valence electrons. The van der Waals surface area contributed by atoms with E-state index in [1.807, 2.05) is 0 Å². The van der Waals surface area contributed by atoms with Crippen molar-refractivity contribution in [1.82, 2.24) is 30.3 Å². The third kappa shape index (κ3) is 2.16. The van der Waals surface area contributed by atoms with E-state index in [4.69, 9.17) is 5.73 Å². The molecular weight excluding hydrogens is 210 g/mol. The molecule has 0 aliphatic heterocycles. The van der Waals surface area contributed by atoms with Crippen LogP contribution in [0.15, 0.2) is 12.4 Å². The standard InChI is InChI=1S/C8H11N7O/c1-15-4-11-7(14-15)3-10-8(16)5-2-6(9)13-12-5/h2,4H,3H2,1H3,(H,10,16)(H3,9,12,13). The molecule has 8 nitrogen and oxygen atoms in total. The van der Waals surface area contributed by atoms with Crippen molar-refractivity contribution in [2.45, 2.75) is 6.54 Å².